The Morgan fingerprint density at radius 2 is 1.82 bits per heavy atom. The molecular weight excluding hydrogens is 354 g/mol. The van der Waals surface area contributed by atoms with Crippen LogP contribution in [0.5, 0.6) is 11.5 Å². The van der Waals surface area contributed by atoms with E-state index in [0.29, 0.717) is 13.3 Å². The fourth-order valence-corrected chi connectivity index (χ4v) is 2.93. The first-order valence-corrected chi connectivity index (χ1v) is 9.80. The monoisotopic (exact) mass is 383 g/mol. The molecule has 0 aromatic heterocycles. The lowest BCUT2D eigenvalue weighted by atomic mass is 10.2. The van der Waals surface area contributed by atoms with Crippen LogP contribution in [0.1, 0.15) is 24.0 Å². The zero-order valence-electron chi connectivity index (χ0n) is 16.4. The molecule has 1 aliphatic rings. The van der Waals surface area contributed by atoms with Crippen molar-refractivity contribution >= 4 is 5.96 Å². The average Bonchev–Trinajstić information content (AvgIpc) is 3.21. The van der Waals surface area contributed by atoms with Gasteiger partial charge in [0, 0.05) is 26.7 Å². The normalized spacial score (nSPS) is 12.8. The second kappa shape index (κ2) is 11.2. The Bertz CT molecular complexity index is 750. The van der Waals surface area contributed by atoms with Crippen LogP contribution in [0.3, 0.4) is 0 Å². The Morgan fingerprint density at radius 1 is 0.964 bits per heavy atom. The summed E-state index contributed by atoms with van der Waals surface area (Å²) < 4.78 is 16.5. The van der Waals surface area contributed by atoms with E-state index in [9.17, 15) is 0 Å². The van der Waals surface area contributed by atoms with Crippen molar-refractivity contribution < 1.29 is 14.2 Å². The van der Waals surface area contributed by atoms with Crippen molar-refractivity contribution in [2.24, 2.45) is 4.99 Å². The topological polar surface area (TPSA) is 64.1 Å². The Morgan fingerprint density at radius 3 is 2.68 bits per heavy atom. The van der Waals surface area contributed by atoms with Gasteiger partial charge in [0.2, 0.25) is 6.79 Å². The standard InChI is InChI=1S/C22H29N3O3/c1-23-22(25-16-19-9-10-20-21(15-19)28-17-27-20)24-12-5-6-13-26-14-11-18-7-3-2-4-8-18/h2-4,7-10,15H,5-6,11-14,16-17H2,1H3,(H2,23,24,25). The number of aliphatic imine (C=N–C) groups is 1. The van der Waals surface area contributed by atoms with Crippen LogP contribution in [0, 0.1) is 0 Å². The van der Waals surface area contributed by atoms with E-state index in [2.05, 4.69) is 39.9 Å². The molecule has 2 aromatic rings. The number of hydrogen-bond acceptors (Lipinski definition) is 4. The Balaban J connectivity index is 1.23. The van der Waals surface area contributed by atoms with Gasteiger partial charge in [-0.15, -0.1) is 0 Å². The van der Waals surface area contributed by atoms with E-state index in [1.807, 2.05) is 24.3 Å². The highest BCUT2D eigenvalue weighted by atomic mass is 16.7. The number of fused-ring (bicyclic) bond motifs is 1. The first-order chi connectivity index (χ1) is 13.8. The van der Waals surface area contributed by atoms with Crippen LogP contribution in [-0.2, 0) is 17.7 Å². The summed E-state index contributed by atoms with van der Waals surface area (Å²) in [6.45, 7) is 3.40. The summed E-state index contributed by atoms with van der Waals surface area (Å²) in [7, 11) is 1.78. The van der Waals surface area contributed by atoms with Crippen LogP contribution < -0.4 is 20.1 Å². The van der Waals surface area contributed by atoms with E-state index in [1.54, 1.807) is 7.05 Å². The van der Waals surface area contributed by atoms with Gasteiger partial charge in [-0.3, -0.25) is 4.99 Å². The third-order valence-electron chi connectivity index (χ3n) is 4.51. The number of guanidine groups is 1. The van der Waals surface area contributed by atoms with E-state index < -0.39 is 0 Å². The van der Waals surface area contributed by atoms with E-state index in [0.717, 1.165) is 62.0 Å². The van der Waals surface area contributed by atoms with Crippen LogP contribution >= 0.6 is 0 Å². The molecule has 2 aromatic carbocycles. The molecule has 150 valence electrons. The smallest absolute Gasteiger partial charge is 0.231 e. The lowest BCUT2D eigenvalue weighted by molar-refractivity contribution is 0.133. The van der Waals surface area contributed by atoms with Gasteiger partial charge in [-0.1, -0.05) is 36.4 Å². The SMILES string of the molecule is CN=C(NCCCCOCCc1ccccc1)NCc1ccc2c(c1)OCO2. The summed E-state index contributed by atoms with van der Waals surface area (Å²) in [4.78, 5) is 4.26. The van der Waals surface area contributed by atoms with Gasteiger partial charge in [-0.05, 0) is 42.5 Å². The number of rotatable bonds is 10. The lowest BCUT2D eigenvalue weighted by Gasteiger charge is -2.12. The lowest BCUT2D eigenvalue weighted by Crippen LogP contribution is -2.37. The van der Waals surface area contributed by atoms with Crippen molar-refractivity contribution in [3.05, 3.63) is 59.7 Å². The van der Waals surface area contributed by atoms with Gasteiger partial charge in [-0.25, -0.2) is 0 Å². The molecule has 6 nitrogen and oxygen atoms in total. The van der Waals surface area contributed by atoms with Crippen LogP contribution in [0.2, 0.25) is 0 Å². The molecule has 0 unspecified atom stereocenters. The minimum atomic E-state index is 0.297. The minimum Gasteiger partial charge on any atom is -0.454 e. The summed E-state index contributed by atoms with van der Waals surface area (Å²) in [5.74, 6) is 2.40. The largest absolute Gasteiger partial charge is 0.454 e. The molecule has 0 bridgehead atoms. The van der Waals surface area contributed by atoms with Gasteiger partial charge in [-0.2, -0.15) is 0 Å². The Kier molecular flexibility index (Phi) is 8.00. The summed E-state index contributed by atoms with van der Waals surface area (Å²) >= 11 is 0. The zero-order chi connectivity index (χ0) is 19.4. The average molecular weight is 383 g/mol. The summed E-state index contributed by atoms with van der Waals surface area (Å²) in [5, 5.41) is 6.65. The van der Waals surface area contributed by atoms with E-state index >= 15 is 0 Å². The zero-order valence-corrected chi connectivity index (χ0v) is 16.4. The first-order valence-electron chi connectivity index (χ1n) is 9.80. The molecule has 1 heterocycles. The molecule has 0 saturated carbocycles. The Hall–Kier alpha value is -2.73. The summed E-state index contributed by atoms with van der Waals surface area (Å²) in [5.41, 5.74) is 2.44. The summed E-state index contributed by atoms with van der Waals surface area (Å²) in [6, 6.07) is 16.4. The molecule has 2 N–H and O–H groups in total. The maximum Gasteiger partial charge on any atom is 0.231 e. The van der Waals surface area contributed by atoms with Crippen molar-refractivity contribution in [2.45, 2.75) is 25.8 Å². The van der Waals surface area contributed by atoms with E-state index in [-0.39, 0.29) is 0 Å². The molecule has 0 spiro atoms. The number of nitrogens with zero attached hydrogens (tertiary/aromatic N) is 1. The predicted molar refractivity (Wildman–Crippen MR) is 111 cm³/mol. The van der Waals surface area contributed by atoms with Crippen molar-refractivity contribution in [1.82, 2.24) is 10.6 Å². The number of unbranched alkanes of at least 4 members (excludes halogenated alkanes) is 1. The van der Waals surface area contributed by atoms with Gasteiger partial charge in [0.05, 0.1) is 6.61 Å². The fraction of sp³-hybridized carbons (Fsp3) is 0.409. The quantitative estimate of drug-likeness (QED) is 0.375. The highest BCUT2D eigenvalue weighted by Crippen LogP contribution is 2.32. The predicted octanol–water partition coefficient (Wildman–Crippen LogP) is 3.12. The van der Waals surface area contributed by atoms with Crippen molar-refractivity contribution in [3.63, 3.8) is 0 Å². The fourth-order valence-electron chi connectivity index (χ4n) is 2.93. The highest BCUT2D eigenvalue weighted by Gasteiger charge is 2.13. The number of nitrogens with one attached hydrogen (secondary N) is 2. The molecule has 6 heteroatoms. The van der Waals surface area contributed by atoms with E-state index in [4.69, 9.17) is 14.2 Å². The molecule has 0 atom stereocenters. The van der Waals surface area contributed by atoms with Crippen LogP contribution in [0.4, 0.5) is 0 Å². The van der Waals surface area contributed by atoms with Gasteiger partial charge in [0.1, 0.15) is 0 Å². The van der Waals surface area contributed by atoms with Gasteiger partial charge in [0.15, 0.2) is 17.5 Å². The molecule has 28 heavy (non-hydrogen) atoms. The molecule has 0 saturated heterocycles. The molecule has 3 rings (SSSR count). The maximum absolute atomic E-state index is 5.72. The molecule has 0 amide bonds. The number of benzene rings is 2. The van der Waals surface area contributed by atoms with E-state index in [1.165, 1.54) is 5.56 Å². The van der Waals surface area contributed by atoms with Crippen LogP contribution in [0.15, 0.2) is 53.5 Å². The minimum absolute atomic E-state index is 0.297. The molecule has 0 aliphatic carbocycles. The first kappa shape index (κ1) is 20.0. The summed E-state index contributed by atoms with van der Waals surface area (Å²) in [6.07, 6.45) is 3.03. The van der Waals surface area contributed by atoms with Gasteiger partial charge < -0.3 is 24.8 Å². The maximum atomic E-state index is 5.72. The highest BCUT2D eigenvalue weighted by molar-refractivity contribution is 5.79. The third kappa shape index (κ3) is 6.46. The van der Waals surface area contributed by atoms with Crippen molar-refractivity contribution in [2.75, 3.05) is 33.6 Å². The molecule has 0 fully saturated rings. The van der Waals surface area contributed by atoms with Gasteiger partial charge >= 0.3 is 0 Å². The second-order valence-electron chi connectivity index (χ2n) is 6.60. The molecular formula is C22H29N3O3. The van der Waals surface area contributed by atoms with Crippen LogP contribution in [0.25, 0.3) is 0 Å². The van der Waals surface area contributed by atoms with Crippen LogP contribution in [-0.4, -0.2) is 39.6 Å². The van der Waals surface area contributed by atoms with Crippen molar-refractivity contribution in [3.8, 4) is 11.5 Å². The third-order valence-corrected chi connectivity index (χ3v) is 4.51. The molecule has 0 radical (unpaired) electrons. The Labute approximate surface area is 166 Å². The van der Waals surface area contributed by atoms with Crippen molar-refractivity contribution in [1.29, 1.82) is 0 Å². The van der Waals surface area contributed by atoms with Gasteiger partial charge in [0.25, 0.3) is 0 Å². The molecule has 1 aliphatic heterocycles. The number of ether oxygens (including phenoxy) is 3. The second-order valence-corrected chi connectivity index (χ2v) is 6.60. The number of hydrogen-bond donors (Lipinski definition) is 2.